The van der Waals surface area contributed by atoms with E-state index in [2.05, 4.69) is 13.8 Å². The zero-order chi connectivity index (χ0) is 13.4. The Morgan fingerprint density at radius 1 is 1.28 bits per heavy atom. The Hall–Kier alpha value is -1.02. The SMILES string of the molecule is CC(C)CCC(=O)N(CCCl)Cc1ccccc1. The molecule has 1 aromatic carbocycles. The fourth-order valence-electron chi connectivity index (χ4n) is 1.77. The summed E-state index contributed by atoms with van der Waals surface area (Å²) in [6, 6.07) is 10.0. The lowest BCUT2D eigenvalue weighted by atomic mass is 10.1. The summed E-state index contributed by atoms with van der Waals surface area (Å²) >= 11 is 5.78. The molecule has 100 valence electrons. The topological polar surface area (TPSA) is 20.3 Å². The second kappa shape index (κ2) is 8.15. The zero-order valence-electron chi connectivity index (χ0n) is 11.2. The number of halogens is 1. The molecular formula is C15H22ClNO. The largest absolute Gasteiger partial charge is 0.337 e. The molecule has 0 spiro atoms. The number of carbonyl (C=O) groups excluding carboxylic acids is 1. The monoisotopic (exact) mass is 267 g/mol. The van der Waals surface area contributed by atoms with Gasteiger partial charge in [0.25, 0.3) is 0 Å². The molecule has 1 rings (SSSR count). The van der Waals surface area contributed by atoms with Gasteiger partial charge in [-0.2, -0.15) is 0 Å². The van der Waals surface area contributed by atoms with Crippen LogP contribution in [0.15, 0.2) is 30.3 Å². The molecule has 0 aliphatic heterocycles. The zero-order valence-corrected chi connectivity index (χ0v) is 12.0. The number of hydrogen-bond acceptors (Lipinski definition) is 1. The maximum absolute atomic E-state index is 12.1. The quantitative estimate of drug-likeness (QED) is 0.690. The predicted octanol–water partition coefficient (Wildman–Crippen LogP) is 3.69. The number of carbonyl (C=O) groups is 1. The summed E-state index contributed by atoms with van der Waals surface area (Å²) in [6.07, 6.45) is 1.55. The van der Waals surface area contributed by atoms with Crippen LogP contribution in [0.4, 0.5) is 0 Å². The smallest absolute Gasteiger partial charge is 0.222 e. The van der Waals surface area contributed by atoms with Crippen LogP contribution in [0, 0.1) is 5.92 Å². The van der Waals surface area contributed by atoms with E-state index in [0.29, 0.717) is 31.3 Å². The van der Waals surface area contributed by atoms with Crippen molar-refractivity contribution in [2.75, 3.05) is 12.4 Å². The molecule has 0 N–H and O–H groups in total. The predicted molar refractivity (Wildman–Crippen MR) is 76.7 cm³/mol. The van der Waals surface area contributed by atoms with E-state index in [0.717, 1.165) is 12.0 Å². The van der Waals surface area contributed by atoms with Crippen LogP contribution in [0.1, 0.15) is 32.3 Å². The molecule has 3 heteroatoms. The van der Waals surface area contributed by atoms with E-state index < -0.39 is 0 Å². The van der Waals surface area contributed by atoms with Crippen molar-refractivity contribution in [3.05, 3.63) is 35.9 Å². The Morgan fingerprint density at radius 3 is 2.50 bits per heavy atom. The minimum absolute atomic E-state index is 0.202. The molecule has 0 aliphatic carbocycles. The lowest BCUT2D eigenvalue weighted by molar-refractivity contribution is -0.131. The van der Waals surface area contributed by atoms with Crippen molar-refractivity contribution in [2.24, 2.45) is 5.92 Å². The van der Waals surface area contributed by atoms with Gasteiger partial charge in [0.15, 0.2) is 0 Å². The van der Waals surface area contributed by atoms with Gasteiger partial charge in [-0.05, 0) is 17.9 Å². The highest BCUT2D eigenvalue weighted by atomic mass is 35.5. The van der Waals surface area contributed by atoms with Gasteiger partial charge in [0.1, 0.15) is 0 Å². The average molecular weight is 268 g/mol. The van der Waals surface area contributed by atoms with Crippen LogP contribution in [-0.4, -0.2) is 23.2 Å². The van der Waals surface area contributed by atoms with E-state index in [1.54, 1.807) is 0 Å². The van der Waals surface area contributed by atoms with Crippen LogP contribution in [0.2, 0.25) is 0 Å². The normalized spacial score (nSPS) is 10.7. The minimum Gasteiger partial charge on any atom is -0.337 e. The molecule has 0 radical (unpaired) electrons. The first-order valence-electron chi connectivity index (χ1n) is 6.51. The molecule has 1 aromatic rings. The Balaban J connectivity index is 2.56. The van der Waals surface area contributed by atoms with E-state index in [1.807, 2.05) is 35.2 Å². The standard InChI is InChI=1S/C15H22ClNO/c1-13(2)8-9-15(18)17(11-10-16)12-14-6-4-3-5-7-14/h3-7,13H,8-12H2,1-2H3. The van der Waals surface area contributed by atoms with E-state index in [4.69, 9.17) is 11.6 Å². The van der Waals surface area contributed by atoms with Crippen LogP contribution in [0.5, 0.6) is 0 Å². The van der Waals surface area contributed by atoms with E-state index in [9.17, 15) is 4.79 Å². The van der Waals surface area contributed by atoms with Crippen molar-refractivity contribution in [3.8, 4) is 0 Å². The second-order valence-corrected chi connectivity index (χ2v) is 5.30. The average Bonchev–Trinajstić information content (AvgIpc) is 2.36. The highest BCUT2D eigenvalue weighted by Crippen LogP contribution is 2.10. The first-order valence-corrected chi connectivity index (χ1v) is 7.04. The summed E-state index contributed by atoms with van der Waals surface area (Å²) in [7, 11) is 0. The molecule has 0 heterocycles. The summed E-state index contributed by atoms with van der Waals surface area (Å²) in [4.78, 5) is 14.0. The molecule has 0 aromatic heterocycles. The molecule has 18 heavy (non-hydrogen) atoms. The first kappa shape index (κ1) is 15.0. The van der Waals surface area contributed by atoms with Gasteiger partial charge in [0, 0.05) is 25.4 Å². The van der Waals surface area contributed by atoms with Crippen LogP contribution < -0.4 is 0 Å². The molecule has 0 saturated heterocycles. The third-order valence-electron chi connectivity index (χ3n) is 2.86. The van der Waals surface area contributed by atoms with Gasteiger partial charge in [0.2, 0.25) is 5.91 Å². The second-order valence-electron chi connectivity index (χ2n) is 4.92. The van der Waals surface area contributed by atoms with Crippen molar-refractivity contribution in [1.82, 2.24) is 4.90 Å². The molecule has 0 fully saturated rings. The van der Waals surface area contributed by atoms with Crippen molar-refractivity contribution < 1.29 is 4.79 Å². The Morgan fingerprint density at radius 2 is 1.94 bits per heavy atom. The number of alkyl halides is 1. The van der Waals surface area contributed by atoms with Gasteiger partial charge in [-0.25, -0.2) is 0 Å². The van der Waals surface area contributed by atoms with Gasteiger partial charge < -0.3 is 4.90 Å². The van der Waals surface area contributed by atoms with Crippen molar-refractivity contribution >= 4 is 17.5 Å². The lowest BCUT2D eigenvalue weighted by Gasteiger charge is -2.22. The molecule has 2 nitrogen and oxygen atoms in total. The number of benzene rings is 1. The van der Waals surface area contributed by atoms with Crippen LogP contribution in [0.25, 0.3) is 0 Å². The maximum atomic E-state index is 12.1. The Bertz CT molecular complexity index is 351. The summed E-state index contributed by atoms with van der Waals surface area (Å²) in [5, 5.41) is 0. The summed E-state index contributed by atoms with van der Waals surface area (Å²) in [5.74, 6) is 1.25. The van der Waals surface area contributed by atoms with Gasteiger partial charge in [-0.1, -0.05) is 44.2 Å². The molecule has 0 atom stereocenters. The Kier molecular flexibility index (Phi) is 6.81. The number of rotatable bonds is 7. The fourth-order valence-corrected chi connectivity index (χ4v) is 1.97. The molecular weight excluding hydrogens is 246 g/mol. The van der Waals surface area contributed by atoms with Crippen LogP contribution >= 0.6 is 11.6 Å². The fraction of sp³-hybridized carbons (Fsp3) is 0.533. The van der Waals surface area contributed by atoms with Gasteiger partial charge in [-0.3, -0.25) is 4.79 Å². The first-order chi connectivity index (χ1) is 8.63. The van der Waals surface area contributed by atoms with Crippen LogP contribution in [-0.2, 0) is 11.3 Å². The third kappa shape index (κ3) is 5.54. The Labute approximate surface area is 115 Å². The van der Waals surface area contributed by atoms with E-state index >= 15 is 0 Å². The summed E-state index contributed by atoms with van der Waals surface area (Å²) in [5.41, 5.74) is 1.15. The summed E-state index contributed by atoms with van der Waals surface area (Å²) < 4.78 is 0. The molecule has 0 bridgehead atoms. The number of hydrogen-bond donors (Lipinski definition) is 0. The van der Waals surface area contributed by atoms with Crippen molar-refractivity contribution in [3.63, 3.8) is 0 Å². The maximum Gasteiger partial charge on any atom is 0.222 e. The van der Waals surface area contributed by atoms with Gasteiger partial charge >= 0.3 is 0 Å². The van der Waals surface area contributed by atoms with Gasteiger partial charge in [0.05, 0.1) is 0 Å². The van der Waals surface area contributed by atoms with E-state index in [-0.39, 0.29) is 5.91 Å². The molecule has 1 amide bonds. The summed E-state index contributed by atoms with van der Waals surface area (Å²) in [6.45, 7) is 5.55. The molecule has 0 saturated carbocycles. The molecule has 0 unspecified atom stereocenters. The minimum atomic E-state index is 0.202. The lowest BCUT2D eigenvalue weighted by Crippen LogP contribution is -2.32. The number of nitrogens with zero attached hydrogens (tertiary/aromatic N) is 1. The van der Waals surface area contributed by atoms with Crippen molar-refractivity contribution in [1.29, 1.82) is 0 Å². The molecule has 0 aliphatic rings. The highest BCUT2D eigenvalue weighted by Gasteiger charge is 2.13. The van der Waals surface area contributed by atoms with Crippen LogP contribution in [0.3, 0.4) is 0 Å². The highest BCUT2D eigenvalue weighted by molar-refractivity contribution is 6.18. The third-order valence-corrected chi connectivity index (χ3v) is 3.03. The van der Waals surface area contributed by atoms with Gasteiger partial charge in [-0.15, -0.1) is 11.6 Å². The number of amides is 1. The van der Waals surface area contributed by atoms with Crippen molar-refractivity contribution in [2.45, 2.75) is 33.2 Å². The van der Waals surface area contributed by atoms with E-state index in [1.165, 1.54) is 0 Å².